The molecule has 1 N–H and O–H groups in total. The largest absolute Gasteiger partial charge is 0.348 e. The number of hydrogen-bond acceptors (Lipinski definition) is 1. The molecule has 0 radical (unpaired) electrons. The van der Waals surface area contributed by atoms with Crippen molar-refractivity contribution < 1.29 is 9.18 Å². The first-order valence-corrected chi connectivity index (χ1v) is 10.7. The summed E-state index contributed by atoms with van der Waals surface area (Å²) in [5.41, 5.74) is 7.44. The average molecular weight is 415 g/mol. The van der Waals surface area contributed by atoms with Crippen LogP contribution in [-0.2, 0) is 19.5 Å². The van der Waals surface area contributed by atoms with Crippen LogP contribution in [0.2, 0.25) is 0 Å². The van der Waals surface area contributed by atoms with Crippen molar-refractivity contribution in [2.75, 3.05) is 0 Å². The van der Waals surface area contributed by atoms with Gasteiger partial charge in [-0.1, -0.05) is 43.3 Å². The first kappa shape index (κ1) is 20.9. The number of nitrogens with zero attached hydrogens (tertiary/aromatic N) is 1. The van der Waals surface area contributed by atoms with E-state index in [0.29, 0.717) is 18.7 Å². The Morgan fingerprint density at radius 1 is 0.903 bits per heavy atom. The Hall–Kier alpha value is -3.40. The fourth-order valence-electron chi connectivity index (χ4n) is 3.94. The van der Waals surface area contributed by atoms with Crippen molar-refractivity contribution in [2.45, 2.75) is 40.3 Å². The zero-order chi connectivity index (χ0) is 22.0. The Morgan fingerprint density at radius 3 is 2.23 bits per heavy atom. The quantitative estimate of drug-likeness (QED) is 0.416. The number of fused-ring (bicyclic) bond motifs is 1. The zero-order valence-corrected chi connectivity index (χ0v) is 18.2. The normalized spacial score (nSPS) is 11.1. The van der Waals surface area contributed by atoms with E-state index in [1.807, 2.05) is 30.3 Å². The molecule has 0 aliphatic rings. The van der Waals surface area contributed by atoms with Gasteiger partial charge in [-0.05, 0) is 72.9 Å². The van der Waals surface area contributed by atoms with Crippen LogP contribution in [0, 0.1) is 19.7 Å². The molecule has 0 bridgehead atoms. The van der Waals surface area contributed by atoms with E-state index < -0.39 is 0 Å². The third kappa shape index (κ3) is 4.38. The smallest absolute Gasteiger partial charge is 0.251 e. The number of carbonyl (C=O) groups is 1. The molecule has 0 saturated carbocycles. The van der Waals surface area contributed by atoms with Crippen molar-refractivity contribution in [1.82, 2.24) is 9.88 Å². The Bertz CT molecular complexity index is 1220. The maximum atomic E-state index is 13.2. The highest BCUT2D eigenvalue weighted by Crippen LogP contribution is 2.27. The SMILES string of the molecule is CCc1ccc(CNC(=O)c2ccc3c(c2)c(C)c(C)n3Cc2ccc(F)cc2)cc1. The summed E-state index contributed by atoms with van der Waals surface area (Å²) in [5.74, 6) is -0.309. The lowest BCUT2D eigenvalue weighted by Gasteiger charge is -2.10. The summed E-state index contributed by atoms with van der Waals surface area (Å²) < 4.78 is 15.5. The molecule has 1 aromatic heterocycles. The van der Waals surface area contributed by atoms with Gasteiger partial charge < -0.3 is 9.88 Å². The summed E-state index contributed by atoms with van der Waals surface area (Å²) in [6.07, 6.45) is 1.01. The zero-order valence-electron chi connectivity index (χ0n) is 18.2. The van der Waals surface area contributed by atoms with E-state index in [2.05, 4.69) is 54.9 Å². The molecule has 1 heterocycles. The van der Waals surface area contributed by atoms with Crippen LogP contribution >= 0.6 is 0 Å². The Labute approximate surface area is 182 Å². The van der Waals surface area contributed by atoms with Crippen LogP contribution in [0.4, 0.5) is 4.39 Å². The van der Waals surface area contributed by atoms with E-state index >= 15 is 0 Å². The summed E-state index contributed by atoms with van der Waals surface area (Å²) in [6, 6.07) is 20.8. The van der Waals surface area contributed by atoms with Crippen LogP contribution < -0.4 is 5.32 Å². The highest BCUT2D eigenvalue weighted by atomic mass is 19.1. The van der Waals surface area contributed by atoms with Crippen LogP contribution in [0.3, 0.4) is 0 Å². The number of halogens is 1. The second-order valence-corrected chi connectivity index (χ2v) is 8.01. The summed E-state index contributed by atoms with van der Waals surface area (Å²) in [7, 11) is 0. The number of aryl methyl sites for hydroxylation is 2. The predicted molar refractivity (Wildman–Crippen MR) is 124 cm³/mol. The molecule has 0 aliphatic carbocycles. The molecule has 3 aromatic carbocycles. The van der Waals surface area contributed by atoms with Crippen LogP contribution in [0.15, 0.2) is 66.7 Å². The summed E-state index contributed by atoms with van der Waals surface area (Å²) in [4.78, 5) is 12.8. The molecule has 1 amide bonds. The first-order valence-electron chi connectivity index (χ1n) is 10.7. The molecule has 4 heteroatoms. The lowest BCUT2D eigenvalue weighted by molar-refractivity contribution is 0.0951. The standard InChI is InChI=1S/C27H27FN2O/c1-4-20-5-7-21(8-6-20)16-29-27(31)23-11-14-26-25(15-23)18(2)19(3)30(26)17-22-9-12-24(28)13-10-22/h5-15H,4,16-17H2,1-3H3,(H,29,31). The Balaban J connectivity index is 1.55. The molecule has 3 nitrogen and oxygen atoms in total. The van der Waals surface area contributed by atoms with E-state index in [0.717, 1.165) is 39.7 Å². The molecule has 0 atom stereocenters. The molecule has 158 valence electrons. The van der Waals surface area contributed by atoms with E-state index in [9.17, 15) is 9.18 Å². The molecule has 4 rings (SSSR count). The lowest BCUT2D eigenvalue weighted by atomic mass is 10.1. The minimum absolute atomic E-state index is 0.0789. The minimum Gasteiger partial charge on any atom is -0.348 e. The summed E-state index contributed by atoms with van der Waals surface area (Å²) in [6.45, 7) is 7.46. The van der Waals surface area contributed by atoms with Crippen molar-refractivity contribution in [3.8, 4) is 0 Å². The van der Waals surface area contributed by atoms with Gasteiger partial charge in [0.25, 0.3) is 5.91 Å². The second-order valence-electron chi connectivity index (χ2n) is 8.01. The van der Waals surface area contributed by atoms with Gasteiger partial charge in [0.05, 0.1) is 0 Å². The highest BCUT2D eigenvalue weighted by Gasteiger charge is 2.14. The molecule has 0 aliphatic heterocycles. The van der Waals surface area contributed by atoms with Gasteiger partial charge in [0, 0.05) is 35.2 Å². The third-order valence-electron chi connectivity index (χ3n) is 6.04. The van der Waals surface area contributed by atoms with Crippen molar-refractivity contribution >= 4 is 16.8 Å². The number of amides is 1. The first-order chi connectivity index (χ1) is 15.0. The number of carbonyl (C=O) groups excluding carboxylic acids is 1. The van der Waals surface area contributed by atoms with Crippen molar-refractivity contribution in [1.29, 1.82) is 0 Å². The van der Waals surface area contributed by atoms with Crippen molar-refractivity contribution in [3.05, 3.63) is 106 Å². The summed E-state index contributed by atoms with van der Waals surface area (Å²) in [5, 5.41) is 4.09. The molecule has 0 unspecified atom stereocenters. The summed E-state index contributed by atoms with van der Waals surface area (Å²) >= 11 is 0. The molecule has 0 spiro atoms. The average Bonchev–Trinajstić information content (AvgIpc) is 3.03. The van der Waals surface area contributed by atoms with Crippen LogP contribution in [0.5, 0.6) is 0 Å². The van der Waals surface area contributed by atoms with E-state index in [1.165, 1.54) is 17.7 Å². The van der Waals surface area contributed by atoms with Crippen LogP contribution in [0.1, 0.15) is 45.2 Å². The third-order valence-corrected chi connectivity index (χ3v) is 6.04. The van der Waals surface area contributed by atoms with Gasteiger partial charge in [-0.3, -0.25) is 4.79 Å². The van der Waals surface area contributed by atoms with Crippen molar-refractivity contribution in [2.24, 2.45) is 0 Å². The monoisotopic (exact) mass is 414 g/mol. The topological polar surface area (TPSA) is 34.0 Å². The number of rotatable bonds is 6. The molecule has 0 fully saturated rings. The van der Waals surface area contributed by atoms with Gasteiger partial charge >= 0.3 is 0 Å². The van der Waals surface area contributed by atoms with Gasteiger partial charge in [-0.2, -0.15) is 0 Å². The molecule has 31 heavy (non-hydrogen) atoms. The fraction of sp³-hybridized carbons (Fsp3) is 0.222. The number of aromatic nitrogens is 1. The number of hydrogen-bond donors (Lipinski definition) is 1. The lowest BCUT2D eigenvalue weighted by Crippen LogP contribution is -2.22. The van der Waals surface area contributed by atoms with Gasteiger partial charge in [-0.15, -0.1) is 0 Å². The van der Waals surface area contributed by atoms with Crippen LogP contribution in [0.25, 0.3) is 10.9 Å². The molecule has 4 aromatic rings. The van der Waals surface area contributed by atoms with E-state index in [4.69, 9.17) is 0 Å². The Kier molecular flexibility index (Phi) is 5.90. The minimum atomic E-state index is -0.231. The Morgan fingerprint density at radius 2 is 1.55 bits per heavy atom. The van der Waals surface area contributed by atoms with Gasteiger partial charge in [0.15, 0.2) is 0 Å². The number of benzene rings is 3. The maximum Gasteiger partial charge on any atom is 0.251 e. The number of nitrogens with one attached hydrogen (secondary N) is 1. The van der Waals surface area contributed by atoms with Gasteiger partial charge in [-0.25, -0.2) is 4.39 Å². The highest BCUT2D eigenvalue weighted by molar-refractivity contribution is 5.99. The van der Waals surface area contributed by atoms with Crippen molar-refractivity contribution in [3.63, 3.8) is 0 Å². The maximum absolute atomic E-state index is 13.2. The fourth-order valence-corrected chi connectivity index (χ4v) is 3.94. The second kappa shape index (κ2) is 8.76. The molecular weight excluding hydrogens is 387 g/mol. The molecule has 0 saturated heterocycles. The van der Waals surface area contributed by atoms with Crippen LogP contribution in [-0.4, -0.2) is 10.5 Å². The van der Waals surface area contributed by atoms with Gasteiger partial charge in [0.2, 0.25) is 0 Å². The molecular formula is C27H27FN2O. The van der Waals surface area contributed by atoms with E-state index in [1.54, 1.807) is 0 Å². The van der Waals surface area contributed by atoms with Gasteiger partial charge in [0.1, 0.15) is 5.82 Å². The van der Waals surface area contributed by atoms with E-state index in [-0.39, 0.29) is 11.7 Å². The predicted octanol–water partition coefficient (Wildman–Crippen LogP) is 5.94.